The Morgan fingerprint density at radius 2 is 1.86 bits per heavy atom. The van der Waals surface area contributed by atoms with Crippen molar-refractivity contribution in [2.24, 2.45) is 0 Å². The lowest BCUT2D eigenvalue weighted by Crippen LogP contribution is -2.47. The van der Waals surface area contributed by atoms with Gasteiger partial charge in [0.2, 0.25) is 0 Å². The number of ketones is 1. The minimum Gasteiger partial charge on any atom is -0.298 e. The molecule has 1 aliphatic heterocycles. The first-order valence-electron chi connectivity index (χ1n) is 7.33. The van der Waals surface area contributed by atoms with Crippen molar-refractivity contribution in [1.82, 2.24) is 4.90 Å². The van der Waals surface area contributed by atoms with Crippen LogP contribution in [0.1, 0.15) is 34.8 Å². The lowest BCUT2D eigenvalue weighted by Gasteiger charge is -2.32. The van der Waals surface area contributed by atoms with Gasteiger partial charge in [-0.15, -0.1) is 0 Å². The predicted molar refractivity (Wildman–Crippen MR) is 84.6 cm³/mol. The monoisotopic (exact) mass is 309 g/mol. The molecule has 1 saturated heterocycles. The van der Waals surface area contributed by atoms with E-state index in [1.165, 1.54) is 0 Å². The molecule has 1 atom stereocenters. The SMILES string of the molecule is Cc1cc(C)cc(C(=O)CCN2CCS(=O)(=O)CC2C)c1. The maximum Gasteiger partial charge on any atom is 0.164 e. The topological polar surface area (TPSA) is 54.5 Å². The number of hydrogen-bond donors (Lipinski definition) is 0. The molecule has 0 N–H and O–H groups in total. The van der Waals surface area contributed by atoms with Crippen LogP contribution in [-0.4, -0.2) is 49.7 Å². The van der Waals surface area contributed by atoms with Gasteiger partial charge in [-0.3, -0.25) is 9.69 Å². The van der Waals surface area contributed by atoms with Gasteiger partial charge in [0.15, 0.2) is 15.6 Å². The van der Waals surface area contributed by atoms with E-state index in [0.29, 0.717) is 19.5 Å². The standard InChI is InChI=1S/C16H23NO3S/c1-12-8-13(2)10-15(9-12)16(18)4-5-17-6-7-21(19,20)11-14(17)3/h8-10,14H,4-7,11H2,1-3H3. The van der Waals surface area contributed by atoms with Crippen LogP contribution in [0.15, 0.2) is 18.2 Å². The van der Waals surface area contributed by atoms with Gasteiger partial charge >= 0.3 is 0 Å². The first-order chi connectivity index (χ1) is 9.77. The molecule has 21 heavy (non-hydrogen) atoms. The summed E-state index contributed by atoms with van der Waals surface area (Å²) >= 11 is 0. The van der Waals surface area contributed by atoms with E-state index in [1.807, 2.05) is 39.0 Å². The van der Waals surface area contributed by atoms with Crippen LogP contribution in [-0.2, 0) is 9.84 Å². The van der Waals surface area contributed by atoms with Gasteiger partial charge in [0, 0.05) is 31.1 Å². The molecule has 1 aromatic carbocycles. The molecule has 0 saturated carbocycles. The highest BCUT2D eigenvalue weighted by Crippen LogP contribution is 2.14. The maximum atomic E-state index is 12.3. The van der Waals surface area contributed by atoms with Gasteiger partial charge in [0.05, 0.1) is 11.5 Å². The molecule has 0 aliphatic carbocycles. The van der Waals surface area contributed by atoms with Crippen molar-refractivity contribution in [3.8, 4) is 0 Å². The molecule has 116 valence electrons. The number of Topliss-reactive ketones (excluding diaryl/α,β-unsaturated/α-hetero) is 1. The fourth-order valence-corrected chi connectivity index (χ4v) is 4.52. The summed E-state index contributed by atoms with van der Waals surface area (Å²) in [6.45, 7) is 7.05. The molecule has 4 nitrogen and oxygen atoms in total. The second-order valence-electron chi connectivity index (χ2n) is 6.05. The molecule has 1 aromatic rings. The first kappa shape index (κ1) is 16.2. The van der Waals surface area contributed by atoms with Crippen molar-refractivity contribution in [1.29, 1.82) is 0 Å². The van der Waals surface area contributed by atoms with Crippen LogP contribution in [0.4, 0.5) is 0 Å². The molecule has 1 aliphatic rings. The molecule has 0 radical (unpaired) electrons. The fraction of sp³-hybridized carbons (Fsp3) is 0.562. The smallest absolute Gasteiger partial charge is 0.164 e. The lowest BCUT2D eigenvalue weighted by molar-refractivity contribution is 0.0957. The summed E-state index contributed by atoms with van der Waals surface area (Å²) in [6.07, 6.45) is 0.438. The molecule has 0 spiro atoms. The third-order valence-corrected chi connectivity index (χ3v) is 5.77. The maximum absolute atomic E-state index is 12.3. The summed E-state index contributed by atoms with van der Waals surface area (Å²) in [5.74, 6) is 0.530. The molecule has 1 heterocycles. The van der Waals surface area contributed by atoms with Crippen LogP contribution < -0.4 is 0 Å². The molecule has 2 rings (SSSR count). The van der Waals surface area contributed by atoms with Gasteiger partial charge in [-0.2, -0.15) is 0 Å². The highest BCUT2D eigenvalue weighted by atomic mass is 32.2. The van der Waals surface area contributed by atoms with Crippen molar-refractivity contribution < 1.29 is 13.2 Å². The quantitative estimate of drug-likeness (QED) is 0.798. The largest absolute Gasteiger partial charge is 0.298 e. The third kappa shape index (κ3) is 4.38. The highest BCUT2D eigenvalue weighted by molar-refractivity contribution is 7.91. The predicted octanol–water partition coefficient (Wildman–Crippen LogP) is 2.00. The summed E-state index contributed by atoms with van der Waals surface area (Å²) < 4.78 is 23.1. The van der Waals surface area contributed by atoms with Crippen molar-refractivity contribution in [3.63, 3.8) is 0 Å². The zero-order chi connectivity index (χ0) is 15.6. The normalized spacial score (nSPS) is 22.1. The summed E-state index contributed by atoms with van der Waals surface area (Å²) in [4.78, 5) is 14.4. The highest BCUT2D eigenvalue weighted by Gasteiger charge is 2.28. The van der Waals surface area contributed by atoms with E-state index in [2.05, 4.69) is 4.90 Å². The number of aryl methyl sites for hydroxylation is 2. The Hall–Kier alpha value is -1.20. The van der Waals surface area contributed by atoms with Crippen molar-refractivity contribution in [2.45, 2.75) is 33.2 Å². The second kappa shape index (κ2) is 6.28. The van der Waals surface area contributed by atoms with Crippen LogP contribution in [0.25, 0.3) is 0 Å². The second-order valence-corrected chi connectivity index (χ2v) is 8.28. The van der Waals surface area contributed by atoms with Crippen molar-refractivity contribution >= 4 is 15.6 Å². The van der Waals surface area contributed by atoms with Gasteiger partial charge in [-0.25, -0.2) is 8.42 Å². The first-order valence-corrected chi connectivity index (χ1v) is 9.15. The molecule has 0 amide bonds. The Labute approximate surface area is 127 Å². The van der Waals surface area contributed by atoms with E-state index >= 15 is 0 Å². The summed E-state index contributed by atoms with van der Waals surface area (Å²) in [5, 5.41) is 0. The van der Waals surface area contributed by atoms with E-state index in [-0.39, 0.29) is 23.3 Å². The Balaban J connectivity index is 1.95. The van der Waals surface area contributed by atoms with Gasteiger partial charge in [0.1, 0.15) is 0 Å². The Kier molecular flexibility index (Phi) is 4.84. The molecular weight excluding hydrogens is 286 g/mol. The zero-order valence-corrected chi connectivity index (χ0v) is 13.7. The number of nitrogens with zero attached hydrogens (tertiary/aromatic N) is 1. The molecule has 1 unspecified atom stereocenters. The molecule has 0 aromatic heterocycles. The van der Waals surface area contributed by atoms with Crippen LogP contribution in [0, 0.1) is 13.8 Å². The van der Waals surface area contributed by atoms with Gasteiger partial charge < -0.3 is 0 Å². The summed E-state index contributed by atoms with van der Waals surface area (Å²) in [7, 11) is -2.89. The van der Waals surface area contributed by atoms with Crippen LogP contribution in [0.5, 0.6) is 0 Å². The average molecular weight is 309 g/mol. The Bertz CT molecular complexity index is 617. The number of rotatable bonds is 4. The summed E-state index contributed by atoms with van der Waals surface area (Å²) in [6, 6.07) is 5.88. The third-order valence-electron chi connectivity index (χ3n) is 3.98. The van der Waals surface area contributed by atoms with Gasteiger partial charge in [0.25, 0.3) is 0 Å². The van der Waals surface area contributed by atoms with E-state index in [1.54, 1.807) is 0 Å². The summed E-state index contributed by atoms with van der Waals surface area (Å²) in [5.41, 5.74) is 2.94. The van der Waals surface area contributed by atoms with Crippen molar-refractivity contribution in [3.05, 3.63) is 34.9 Å². The fourth-order valence-electron chi connectivity index (χ4n) is 2.89. The van der Waals surface area contributed by atoms with E-state index in [4.69, 9.17) is 0 Å². The number of benzene rings is 1. The lowest BCUT2D eigenvalue weighted by atomic mass is 10.0. The molecule has 5 heteroatoms. The van der Waals surface area contributed by atoms with Gasteiger partial charge in [-0.1, -0.05) is 17.2 Å². The van der Waals surface area contributed by atoms with E-state index in [0.717, 1.165) is 16.7 Å². The van der Waals surface area contributed by atoms with Crippen LogP contribution >= 0.6 is 0 Å². The molecule has 1 fully saturated rings. The van der Waals surface area contributed by atoms with Crippen LogP contribution in [0.3, 0.4) is 0 Å². The zero-order valence-electron chi connectivity index (χ0n) is 12.9. The number of hydrogen-bond acceptors (Lipinski definition) is 4. The number of sulfone groups is 1. The van der Waals surface area contributed by atoms with Crippen molar-refractivity contribution in [2.75, 3.05) is 24.6 Å². The van der Waals surface area contributed by atoms with E-state index in [9.17, 15) is 13.2 Å². The molecular formula is C16H23NO3S. The number of carbonyl (C=O) groups excluding carboxylic acids is 1. The van der Waals surface area contributed by atoms with E-state index < -0.39 is 9.84 Å². The minimum absolute atomic E-state index is 0.00389. The molecule has 0 bridgehead atoms. The number of carbonyl (C=O) groups is 1. The Morgan fingerprint density at radius 1 is 1.24 bits per heavy atom. The van der Waals surface area contributed by atoms with Gasteiger partial charge in [-0.05, 0) is 32.9 Å². The van der Waals surface area contributed by atoms with Crippen LogP contribution in [0.2, 0.25) is 0 Å². The minimum atomic E-state index is -2.89. The Morgan fingerprint density at radius 3 is 2.43 bits per heavy atom. The average Bonchev–Trinajstić information content (AvgIpc) is 2.35.